The molecule has 23 heavy (non-hydrogen) atoms. The minimum absolute atomic E-state index is 0.0880. The summed E-state index contributed by atoms with van der Waals surface area (Å²) < 4.78 is 10.7. The molecular formula is C17H20N2O4. The zero-order valence-corrected chi connectivity index (χ0v) is 12.9. The number of likely N-dealkylation sites (tertiary alicyclic amines) is 1. The second-order valence-corrected chi connectivity index (χ2v) is 6.02. The molecule has 0 spiro atoms. The largest absolute Gasteiger partial charge is 0.454 e. The van der Waals surface area contributed by atoms with Crippen LogP contribution >= 0.6 is 0 Å². The molecule has 4 rings (SSSR count). The van der Waals surface area contributed by atoms with Gasteiger partial charge in [-0.2, -0.15) is 5.48 Å². The van der Waals surface area contributed by atoms with Gasteiger partial charge in [-0.1, -0.05) is 18.2 Å². The lowest BCUT2D eigenvalue weighted by atomic mass is 10.1. The third kappa shape index (κ3) is 2.92. The second-order valence-electron chi connectivity index (χ2n) is 6.02. The minimum atomic E-state index is -0.404. The van der Waals surface area contributed by atoms with Crippen molar-refractivity contribution in [2.24, 2.45) is 0 Å². The molecule has 1 aromatic carbocycles. The Morgan fingerprint density at radius 2 is 1.91 bits per heavy atom. The van der Waals surface area contributed by atoms with Crippen molar-refractivity contribution in [3.63, 3.8) is 0 Å². The number of piperidine rings is 1. The fourth-order valence-corrected chi connectivity index (χ4v) is 3.15. The molecule has 1 N–H and O–H groups in total. The van der Waals surface area contributed by atoms with Crippen LogP contribution in [0.4, 0.5) is 0 Å². The number of hydroxylamine groups is 1. The molecule has 0 bridgehead atoms. The van der Waals surface area contributed by atoms with Crippen LogP contribution in [0.15, 0.2) is 30.4 Å². The summed E-state index contributed by atoms with van der Waals surface area (Å²) in [7, 11) is 0. The van der Waals surface area contributed by atoms with Crippen molar-refractivity contribution in [2.75, 3.05) is 19.9 Å². The Morgan fingerprint density at radius 1 is 1.09 bits per heavy atom. The van der Waals surface area contributed by atoms with Crippen molar-refractivity contribution >= 4 is 5.91 Å². The summed E-state index contributed by atoms with van der Waals surface area (Å²) >= 11 is 0. The zero-order chi connectivity index (χ0) is 15.6. The quantitative estimate of drug-likeness (QED) is 0.845. The standard InChI is InChI=1S/C17H20N2O4/c20-17(19-8-2-1-3-9-19)13-5-7-14(23-18-13)12-4-6-15-16(10-12)22-11-21-15/h4-7,10,13-14,18H,1-3,8-9,11H2. The Morgan fingerprint density at radius 3 is 2.70 bits per heavy atom. The number of benzene rings is 1. The molecule has 3 aliphatic heterocycles. The molecule has 2 atom stereocenters. The third-order valence-electron chi connectivity index (χ3n) is 4.46. The summed E-state index contributed by atoms with van der Waals surface area (Å²) in [6.07, 6.45) is 6.94. The smallest absolute Gasteiger partial charge is 0.245 e. The number of nitrogens with one attached hydrogen (secondary N) is 1. The van der Waals surface area contributed by atoms with E-state index >= 15 is 0 Å². The summed E-state index contributed by atoms with van der Waals surface area (Å²) in [5.74, 6) is 1.57. The Bertz CT molecular complexity index is 625. The average molecular weight is 316 g/mol. The van der Waals surface area contributed by atoms with Crippen LogP contribution in [0.5, 0.6) is 11.5 Å². The predicted molar refractivity (Wildman–Crippen MR) is 82.9 cm³/mol. The number of nitrogens with zero attached hydrogens (tertiary/aromatic N) is 1. The summed E-state index contributed by atoms with van der Waals surface area (Å²) in [6.45, 7) is 1.94. The van der Waals surface area contributed by atoms with Gasteiger partial charge in [-0.15, -0.1) is 0 Å². The first-order chi connectivity index (χ1) is 11.3. The van der Waals surface area contributed by atoms with E-state index in [4.69, 9.17) is 14.3 Å². The van der Waals surface area contributed by atoms with Crippen LogP contribution in [0, 0.1) is 0 Å². The topological polar surface area (TPSA) is 60.0 Å². The van der Waals surface area contributed by atoms with Gasteiger partial charge in [-0.3, -0.25) is 9.63 Å². The lowest BCUT2D eigenvalue weighted by Crippen LogP contribution is -2.48. The van der Waals surface area contributed by atoms with Gasteiger partial charge < -0.3 is 14.4 Å². The van der Waals surface area contributed by atoms with Gasteiger partial charge >= 0.3 is 0 Å². The summed E-state index contributed by atoms with van der Waals surface area (Å²) in [5, 5.41) is 0. The van der Waals surface area contributed by atoms with Gasteiger partial charge in [-0.05, 0) is 37.0 Å². The molecule has 1 aromatic rings. The first-order valence-corrected chi connectivity index (χ1v) is 8.09. The summed E-state index contributed by atoms with van der Waals surface area (Å²) in [5.41, 5.74) is 3.84. The lowest BCUT2D eigenvalue weighted by Gasteiger charge is -2.31. The van der Waals surface area contributed by atoms with Crippen molar-refractivity contribution in [2.45, 2.75) is 31.4 Å². The van der Waals surface area contributed by atoms with Gasteiger partial charge in [0.2, 0.25) is 12.7 Å². The van der Waals surface area contributed by atoms with Gasteiger partial charge in [-0.25, -0.2) is 0 Å². The van der Waals surface area contributed by atoms with Crippen LogP contribution in [0.1, 0.15) is 30.9 Å². The van der Waals surface area contributed by atoms with Gasteiger partial charge in [0.15, 0.2) is 11.5 Å². The number of hydrogen-bond donors (Lipinski definition) is 1. The fraction of sp³-hybridized carbons (Fsp3) is 0.471. The maximum atomic E-state index is 12.4. The molecule has 3 aliphatic rings. The Balaban J connectivity index is 1.43. The summed E-state index contributed by atoms with van der Waals surface area (Å²) in [6, 6.07) is 5.32. The highest BCUT2D eigenvalue weighted by Gasteiger charge is 2.28. The Labute approximate surface area is 135 Å². The van der Waals surface area contributed by atoms with Crippen LogP contribution in [-0.2, 0) is 9.63 Å². The van der Waals surface area contributed by atoms with E-state index < -0.39 is 6.04 Å². The van der Waals surface area contributed by atoms with Crippen LogP contribution in [0.2, 0.25) is 0 Å². The van der Waals surface area contributed by atoms with E-state index in [1.54, 1.807) is 0 Å². The molecule has 3 heterocycles. The molecule has 6 heteroatoms. The molecule has 1 saturated heterocycles. The van der Waals surface area contributed by atoms with E-state index in [1.165, 1.54) is 6.42 Å². The van der Waals surface area contributed by atoms with E-state index in [9.17, 15) is 4.79 Å². The molecule has 0 saturated carbocycles. The maximum absolute atomic E-state index is 12.4. The van der Waals surface area contributed by atoms with Crippen LogP contribution in [-0.4, -0.2) is 36.7 Å². The number of rotatable bonds is 2. The number of ether oxygens (including phenoxy) is 2. The molecule has 1 fully saturated rings. The molecular weight excluding hydrogens is 296 g/mol. The molecule has 0 radical (unpaired) electrons. The highest BCUT2D eigenvalue weighted by Crippen LogP contribution is 2.35. The number of hydrogen-bond acceptors (Lipinski definition) is 5. The number of amides is 1. The normalized spacial score (nSPS) is 26.3. The zero-order valence-electron chi connectivity index (χ0n) is 12.9. The van der Waals surface area contributed by atoms with Crippen molar-refractivity contribution in [3.05, 3.63) is 35.9 Å². The van der Waals surface area contributed by atoms with Gasteiger partial charge in [0, 0.05) is 13.1 Å². The highest BCUT2D eigenvalue weighted by atomic mass is 16.7. The van der Waals surface area contributed by atoms with Gasteiger partial charge in [0.1, 0.15) is 12.1 Å². The first kappa shape index (κ1) is 14.5. The van der Waals surface area contributed by atoms with Gasteiger partial charge in [0.05, 0.1) is 0 Å². The lowest BCUT2D eigenvalue weighted by molar-refractivity contribution is -0.139. The van der Waals surface area contributed by atoms with Crippen molar-refractivity contribution in [1.82, 2.24) is 10.4 Å². The number of fused-ring (bicyclic) bond motifs is 1. The molecule has 122 valence electrons. The number of carbonyl (C=O) groups is 1. The monoisotopic (exact) mass is 316 g/mol. The molecule has 1 amide bonds. The molecule has 0 aliphatic carbocycles. The van der Waals surface area contributed by atoms with Crippen molar-refractivity contribution < 1.29 is 19.1 Å². The van der Waals surface area contributed by atoms with E-state index in [2.05, 4.69) is 5.48 Å². The molecule has 6 nitrogen and oxygen atoms in total. The Hall–Kier alpha value is -2.05. The third-order valence-corrected chi connectivity index (χ3v) is 4.46. The Kier molecular flexibility index (Phi) is 3.93. The second kappa shape index (κ2) is 6.22. The van der Waals surface area contributed by atoms with E-state index in [-0.39, 0.29) is 18.8 Å². The van der Waals surface area contributed by atoms with Crippen molar-refractivity contribution in [1.29, 1.82) is 0 Å². The summed E-state index contributed by atoms with van der Waals surface area (Å²) in [4.78, 5) is 20.0. The minimum Gasteiger partial charge on any atom is -0.454 e. The molecule has 2 unspecified atom stereocenters. The fourth-order valence-electron chi connectivity index (χ4n) is 3.15. The van der Waals surface area contributed by atoms with Crippen LogP contribution in [0.25, 0.3) is 0 Å². The maximum Gasteiger partial charge on any atom is 0.245 e. The van der Waals surface area contributed by atoms with E-state index in [1.807, 2.05) is 35.3 Å². The van der Waals surface area contributed by atoms with Crippen molar-refractivity contribution in [3.8, 4) is 11.5 Å². The molecule has 0 aromatic heterocycles. The number of carbonyl (C=O) groups excluding carboxylic acids is 1. The van der Waals surface area contributed by atoms with Gasteiger partial charge in [0.25, 0.3) is 0 Å². The first-order valence-electron chi connectivity index (χ1n) is 8.09. The van der Waals surface area contributed by atoms with E-state index in [0.29, 0.717) is 0 Å². The SMILES string of the molecule is O=C(C1C=CC(c2ccc3c(c2)OCO3)ON1)N1CCCCC1. The van der Waals surface area contributed by atoms with Crippen LogP contribution in [0.3, 0.4) is 0 Å². The highest BCUT2D eigenvalue weighted by molar-refractivity contribution is 5.84. The average Bonchev–Trinajstić information content (AvgIpc) is 3.10. The van der Waals surface area contributed by atoms with E-state index in [0.717, 1.165) is 43.0 Å². The predicted octanol–water partition coefficient (Wildman–Crippen LogP) is 1.93. The van der Waals surface area contributed by atoms with Crippen LogP contribution < -0.4 is 15.0 Å².